The first-order valence-electron chi connectivity index (χ1n) is 5.08. The molecule has 0 spiro atoms. The summed E-state index contributed by atoms with van der Waals surface area (Å²) in [7, 11) is 0. The molecule has 17 heavy (non-hydrogen) atoms. The van der Waals surface area contributed by atoms with Crippen molar-refractivity contribution in [1.29, 1.82) is 0 Å². The van der Waals surface area contributed by atoms with E-state index in [1.165, 1.54) is 0 Å². The highest BCUT2D eigenvalue weighted by Gasteiger charge is 2.23. The van der Waals surface area contributed by atoms with Crippen LogP contribution < -0.4 is 16.0 Å². The van der Waals surface area contributed by atoms with Gasteiger partial charge in [-0.1, -0.05) is 17.7 Å². The number of pyridine rings is 1. The van der Waals surface area contributed by atoms with Gasteiger partial charge in [0.15, 0.2) is 0 Å². The average Bonchev–Trinajstić information content (AvgIpc) is 2.29. The lowest BCUT2D eigenvalue weighted by Crippen LogP contribution is -2.56. The number of rotatable bonds is 2. The van der Waals surface area contributed by atoms with Gasteiger partial charge in [0.25, 0.3) is 0 Å². The first kappa shape index (κ1) is 11.8. The maximum Gasteiger partial charge on any atom is 0.244 e. The maximum atomic E-state index is 11.8. The number of halogens is 1. The highest BCUT2D eigenvalue weighted by molar-refractivity contribution is 6.29. The van der Waals surface area contributed by atoms with Gasteiger partial charge in [0.05, 0.1) is 6.54 Å². The minimum atomic E-state index is -0.450. The Morgan fingerprint density at radius 3 is 3.00 bits per heavy atom. The molecule has 1 aromatic rings. The molecule has 2 rings (SSSR count). The van der Waals surface area contributed by atoms with Gasteiger partial charge in [-0.25, -0.2) is 4.98 Å². The van der Waals surface area contributed by atoms with Crippen LogP contribution in [0.15, 0.2) is 18.2 Å². The maximum absolute atomic E-state index is 11.8. The molecule has 90 valence electrons. The molecule has 6 nitrogen and oxygen atoms in total. The Labute approximate surface area is 103 Å². The van der Waals surface area contributed by atoms with Gasteiger partial charge < -0.3 is 10.6 Å². The normalized spacial score (nSPS) is 19.6. The van der Waals surface area contributed by atoms with Gasteiger partial charge in [-0.05, 0) is 12.1 Å². The van der Waals surface area contributed by atoms with Crippen molar-refractivity contribution in [3.63, 3.8) is 0 Å². The lowest BCUT2D eigenvalue weighted by atomic mass is 10.2. The van der Waals surface area contributed by atoms with Crippen LogP contribution in [-0.2, 0) is 9.59 Å². The molecule has 1 aliphatic rings. The van der Waals surface area contributed by atoms with Crippen LogP contribution in [0.1, 0.15) is 0 Å². The van der Waals surface area contributed by atoms with Crippen LogP contribution in [-0.4, -0.2) is 35.9 Å². The van der Waals surface area contributed by atoms with Gasteiger partial charge in [-0.2, -0.15) is 0 Å². The van der Waals surface area contributed by atoms with Gasteiger partial charge in [-0.15, -0.1) is 0 Å². The zero-order chi connectivity index (χ0) is 12.3. The Morgan fingerprint density at radius 2 is 2.35 bits per heavy atom. The zero-order valence-corrected chi connectivity index (χ0v) is 9.62. The number of carbonyl (C=O) groups excluding carboxylic acids is 2. The lowest BCUT2D eigenvalue weighted by molar-refractivity contribution is -0.124. The van der Waals surface area contributed by atoms with Crippen molar-refractivity contribution in [3.8, 4) is 0 Å². The van der Waals surface area contributed by atoms with Gasteiger partial charge in [0.2, 0.25) is 11.8 Å². The van der Waals surface area contributed by atoms with Gasteiger partial charge >= 0.3 is 0 Å². The molecule has 0 aromatic carbocycles. The average molecular weight is 255 g/mol. The summed E-state index contributed by atoms with van der Waals surface area (Å²) in [4.78, 5) is 26.6. The van der Waals surface area contributed by atoms with E-state index in [4.69, 9.17) is 11.6 Å². The molecule has 7 heteroatoms. The molecular weight excluding hydrogens is 244 g/mol. The molecular formula is C10H11ClN4O2. The Kier molecular flexibility index (Phi) is 3.55. The number of nitrogens with zero attached hydrogens (tertiary/aromatic N) is 1. The van der Waals surface area contributed by atoms with Crippen LogP contribution in [0.4, 0.5) is 5.82 Å². The first-order valence-corrected chi connectivity index (χ1v) is 5.46. The Balaban J connectivity index is 1.95. The molecule has 1 aromatic heterocycles. The summed E-state index contributed by atoms with van der Waals surface area (Å²) in [6, 6.07) is 4.51. The zero-order valence-electron chi connectivity index (χ0n) is 8.87. The molecule has 0 radical (unpaired) electrons. The van der Waals surface area contributed by atoms with Crippen molar-refractivity contribution in [2.45, 2.75) is 6.04 Å². The fourth-order valence-corrected chi connectivity index (χ4v) is 1.61. The molecule has 1 atom stereocenters. The van der Waals surface area contributed by atoms with E-state index < -0.39 is 6.04 Å². The first-order chi connectivity index (χ1) is 8.15. The molecule has 1 fully saturated rings. The Bertz CT molecular complexity index is 442. The molecule has 0 saturated carbocycles. The molecule has 3 N–H and O–H groups in total. The molecule has 1 unspecified atom stereocenters. The lowest BCUT2D eigenvalue weighted by Gasteiger charge is -2.22. The topological polar surface area (TPSA) is 83.1 Å². The second kappa shape index (κ2) is 5.11. The van der Waals surface area contributed by atoms with Crippen molar-refractivity contribution in [2.24, 2.45) is 0 Å². The highest BCUT2D eigenvalue weighted by Crippen LogP contribution is 2.09. The number of amides is 2. The quantitative estimate of drug-likeness (QED) is 0.636. The largest absolute Gasteiger partial charge is 0.353 e. The summed E-state index contributed by atoms with van der Waals surface area (Å²) in [5.41, 5.74) is 0. The molecule has 0 bridgehead atoms. The summed E-state index contributed by atoms with van der Waals surface area (Å²) in [5, 5.41) is 8.35. The van der Waals surface area contributed by atoms with Crippen LogP contribution in [0.25, 0.3) is 0 Å². The fraction of sp³-hybridized carbons (Fsp3) is 0.300. The third kappa shape index (κ3) is 3.15. The number of piperazine rings is 1. The van der Waals surface area contributed by atoms with Crippen molar-refractivity contribution in [2.75, 3.05) is 18.4 Å². The highest BCUT2D eigenvalue weighted by atomic mass is 35.5. The number of aromatic nitrogens is 1. The van der Waals surface area contributed by atoms with Crippen molar-refractivity contribution in [1.82, 2.24) is 15.6 Å². The third-order valence-electron chi connectivity index (χ3n) is 2.30. The van der Waals surface area contributed by atoms with Gasteiger partial charge in [0.1, 0.15) is 17.0 Å². The number of hydrogen-bond acceptors (Lipinski definition) is 4. The minimum Gasteiger partial charge on any atom is -0.353 e. The molecule has 1 aliphatic heterocycles. The van der Waals surface area contributed by atoms with Crippen molar-refractivity contribution in [3.05, 3.63) is 23.4 Å². The third-order valence-corrected chi connectivity index (χ3v) is 2.51. The van der Waals surface area contributed by atoms with E-state index in [0.29, 0.717) is 11.0 Å². The molecule has 2 amide bonds. The predicted octanol–water partition coefficient (Wildman–Crippen LogP) is -0.239. The second-order valence-electron chi connectivity index (χ2n) is 3.57. The van der Waals surface area contributed by atoms with Crippen molar-refractivity contribution >= 4 is 29.2 Å². The van der Waals surface area contributed by atoms with Crippen molar-refractivity contribution < 1.29 is 9.59 Å². The summed E-state index contributed by atoms with van der Waals surface area (Å²) in [6.07, 6.45) is 0. The van der Waals surface area contributed by atoms with E-state index in [1.807, 2.05) is 0 Å². The van der Waals surface area contributed by atoms with E-state index in [1.54, 1.807) is 18.2 Å². The summed E-state index contributed by atoms with van der Waals surface area (Å²) < 4.78 is 0. The number of carbonyl (C=O) groups is 2. The predicted molar refractivity (Wildman–Crippen MR) is 62.7 cm³/mol. The van der Waals surface area contributed by atoms with Crippen LogP contribution in [0.3, 0.4) is 0 Å². The summed E-state index contributed by atoms with van der Waals surface area (Å²) in [6.45, 7) is 0.409. The summed E-state index contributed by atoms with van der Waals surface area (Å²) in [5.74, 6) is 0.0240. The number of nitrogens with one attached hydrogen (secondary N) is 3. The standard InChI is InChI=1S/C10H11ClN4O2/c11-7-2-1-3-8(14-7)15-10(17)6-4-13-9(16)5-12-6/h1-3,6,12H,4-5H2,(H,13,16)(H,14,15,17). The Hall–Kier alpha value is -1.66. The fourth-order valence-electron chi connectivity index (χ4n) is 1.44. The van der Waals surface area contributed by atoms with Crippen LogP contribution >= 0.6 is 11.6 Å². The van der Waals surface area contributed by atoms with E-state index in [9.17, 15) is 9.59 Å². The van der Waals surface area contributed by atoms with E-state index in [-0.39, 0.29) is 24.9 Å². The van der Waals surface area contributed by atoms with Crippen LogP contribution in [0.5, 0.6) is 0 Å². The van der Waals surface area contributed by atoms with Gasteiger partial charge in [0, 0.05) is 6.54 Å². The molecule has 0 aliphatic carbocycles. The SMILES string of the molecule is O=C1CNC(C(=O)Nc2cccc(Cl)n2)CN1. The smallest absolute Gasteiger partial charge is 0.244 e. The minimum absolute atomic E-state index is 0.116. The molecule has 2 heterocycles. The number of anilines is 1. The molecule has 1 saturated heterocycles. The van der Waals surface area contributed by atoms with Crippen LogP contribution in [0, 0.1) is 0 Å². The van der Waals surface area contributed by atoms with Gasteiger partial charge in [-0.3, -0.25) is 14.9 Å². The number of hydrogen-bond donors (Lipinski definition) is 3. The Morgan fingerprint density at radius 1 is 1.53 bits per heavy atom. The van der Waals surface area contributed by atoms with E-state index in [0.717, 1.165) is 0 Å². The van der Waals surface area contributed by atoms with E-state index in [2.05, 4.69) is 20.9 Å². The summed E-state index contributed by atoms with van der Waals surface area (Å²) >= 11 is 5.70. The van der Waals surface area contributed by atoms with E-state index >= 15 is 0 Å². The second-order valence-corrected chi connectivity index (χ2v) is 3.96. The van der Waals surface area contributed by atoms with Crippen LogP contribution in [0.2, 0.25) is 5.15 Å². The monoisotopic (exact) mass is 254 g/mol.